The van der Waals surface area contributed by atoms with E-state index in [1.54, 1.807) is 7.11 Å². The highest BCUT2D eigenvalue weighted by atomic mass is 16.6. The van der Waals surface area contributed by atoms with Crippen LogP contribution < -0.4 is 18.9 Å². The molecular formula is C43H52O6. The number of rotatable bonds is 15. The molecule has 4 aromatic rings. The summed E-state index contributed by atoms with van der Waals surface area (Å²) in [7, 11) is 1.69. The highest BCUT2D eigenvalue weighted by molar-refractivity contribution is 5.43. The second-order valence-corrected chi connectivity index (χ2v) is 14.6. The van der Waals surface area contributed by atoms with E-state index in [9.17, 15) is 0 Å². The van der Waals surface area contributed by atoms with Crippen molar-refractivity contribution < 1.29 is 28.4 Å². The predicted molar refractivity (Wildman–Crippen MR) is 197 cm³/mol. The molecule has 2 fully saturated rings. The molecule has 260 valence electrons. The van der Waals surface area contributed by atoms with Crippen LogP contribution in [0.2, 0.25) is 0 Å². The highest BCUT2D eigenvalue weighted by Crippen LogP contribution is 2.35. The molecule has 49 heavy (non-hydrogen) atoms. The summed E-state index contributed by atoms with van der Waals surface area (Å²) in [6.07, 6.45) is 2.49. The second-order valence-electron chi connectivity index (χ2n) is 14.6. The Labute approximate surface area is 293 Å². The van der Waals surface area contributed by atoms with Crippen molar-refractivity contribution in [3.63, 3.8) is 0 Å². The van der Waals surface area contributed by atoms with E-state index >= 15 is 0 Å². The van der Waals surface area contributed by atoms with Crippen LogP contribution in [0.5, 0.6) is 23.0 Å². The summed E-state index contributed by atoms with van der Waals surface area (Å²) in [4.78, 5) is 0. The zero-order valence-corrected chi connectivity index (χ0v) is 30.2. The van der Waals surface area contributed by atoms with E-state index < -0.39 is 0 Å². The fourth-order valence-corrected chi connectivity index (χ4v) is 5.28. The Morgan fingerprint density at radius 2 is 0.857 bits per heavy atom. The molecule has 2 saturated heterocycles. The zero-order valence-electron chi connectivity index (χ0n) is 30.2. The second kappa shape index (κ2) is 15.5. The van der Waals surface area contributed by atoms with Gasteiger partial charge in [0.2, 0.25) is 0 Å². The summed E-state index contributed by atoms with van der Waals surface area (Å²) in [6, 6.07) is 33.3. The van der Waals surface area contributed by atoms with Crippen molar-refractivity contribution in [3.05, 3.63) is 132 Å². The van der Waals surface area contributed by atoms with Gasteiger partial charge in [0.05, 0.1) is 26.9 Å². The van der Waals surface area contributed by atoms with Crippen LogP contribution in [0.25, 0.3) is 0 Å². The Balaban J connectivity index is 0.000000195. The molecule has 2 atom stereocenters. The van der Waals surface area contributed by atoms with Crippen molar-refractivity contribution in [1.29, 1.82) is 0 Å². The molecule has 0 aliphatic carbocycles. The fourth-order valence-electron chi connectivity index (χ4n) is 5.28. The van der Waals surface area contributed by atoms with Crippen LogP contribution in [0, 0.1) is 5.41 Å². The Morgan fingerprint density at radius 1 is 0.551 bits per heavy atom. The maximum absolute atomic E-state index is 5.90. The standard InChI is InChI=1S/C24H30O3.C19H22O3/c1-6-23(2,3)17-27-21-13-9-19(10-14-21)24(4,5)18-7-11-20(12-8-18)25-15-22-16-26-22;1-19(2,14-4-8-16(20-3)9-5-14)15-6-10-17(11-7-15)21-12-18-13-22-18/h6-14,22H,1,15-17H2,2-5H3;4-11,18H,12-13H2,1-3H3. The van der Waals surface area contributed by atoms with Gasteiger partial charge in [-0.25, -0.2) is 0 Å². The van der Waals surface area contributed by atoms with E-state index in [2.05, 4.69) is 96.7 Å². The number of benzene rings is 4. The van der Waals surface area contributed by atoms with Gasteiger partial charge < -0.3 is 28.4 Å². The molecule has 6 rings (SSSR count). The maximum Gasteiger partial charge on any atom is 0.119 e. The van der Waals surface area contributed by atoms with Gasteiger partial charge in [0.15, 0.2) is 0 Å². The monoisotopic (exact) mass is 664 g/mol. The third-order valence-corrected chi connectivity index (χ3v) is 9.38. The molecule has 0 amide bonds. The predicted octanol–water partition coefficient (Wildman–Crippen LogP) is 9.18. The Morgan fingerprint density at radius 3 is 1.14 bits per heavy atom. The normalized spacial score (nSPS) is 16.9. The zero-order chi connectivity index (χ0) is 35.1. The van der Waals surface area contributed by atoms with Gasteiger partial charge in [0.1, 0.15) is 48.4 Å². The van der Waals surface area contributed by atoms with Crippen molar-refractivity contribution in [2.75, 3.05) is 40.1 Å². The first kappa shape index (κ1) is 36.0. The highest BCUT2D eigenvalue weighted by Gasteiger charge is 2.26. The molecule has 2 aliphatic rings. The lowest BCUT2D eigenvalue weighted by Gasteiger charge is -2.27. The van der Waals surface area contributed by atoms with Crippen LogP contribution in [-0.2, 0) is 20.3 Å². The van der Waals surface area contributed by atoms with Crippen molar-refractivity contribution in [2.45, 2.75) is 64.6 Å². The maximum atomic E-state index is 5.90. The minimum atomic E-state index is -0.100. The van der Waals surface area contributed by atoms with Gasteiger partial charge >= 0.3 is 0 Å². The molecular weight excluding hydrogens is 612 g/mol. The number of hydrogen-bond donors (Lipinski definition) is 0. The molecule has 6 heteroatoms. The topological polar surface area (TPSA) is 62.0 Å². The average molecular weight is 665 g/mol. The van der Waals surface area contributed by atoms with Crippen LogP contribution in [-0.4, -0.2) is 52.4 Å². The number of ether oxygens (including phenoxy) is 6. The van der Waals surface area contributed by atoms with Gasteiger partial charge in [-0.1, -0.05) is 96.1 Å². The molecule has 0 radical (unpaired) electrons. The van der Waals surface area contributed by atoms with Gasteiger partial charge in [0, 0.05) is 16.2 Å². The minimum absolute atomic E-state index is 0.0343. The van der Waals surface area contributed by atoms with Gasteiger partial charge in [-0.05, 0) is 70.8 Å². The van der Waals surface area contributed by atoms with E-state index in [1.807, 2.05) is 54.6 Å². The van der Waals surface area contributed by atoms with Crippen molar-refractivity contribution in [3.8, 4) is 23.0 Å². The van der Waals surface area contributed by atoms with Crippen LogP contribution >= 0.6 is 0 Å². The molecule has 0 N–H and O–H groups in total. The number of methoxy groups -OCH3 is 1. The number of epoxide rings is 2. The molecule has 0 saturated carbocycles. The van der Waals surface area contributed by atoms with E-state index in [0.717, 1.165) is 36.2 Å². The summed E-state index contributed by atoms with van der Waals surface area (Å²) in [5, 5.41) is 0. The van der Waals surface area contributed by atoms with Crippen LogP contribution in [0.15, 0.2) is 110 Å². The Kier molecular flexibility index (Phi) is 11.4. The first-order chi connectivity index (χ1) is 23.4. The van der Waals surface area contributed by atoms with Gasteiger partial charge in [-0.2, -0.15) is 0 Å². The molecule has 0 aromatic heterocycles. The quantitative estimate of drug-likeness (QED) is 0.0933. The summed E-state index contributed by atoms with van der Waals surface area (Å²) in [5.74, 6) is 3.55. The largest absolute Gasteiger partial charge is 0.497 e. The summed E-state index contributed by atoms with van der Waals surface area (Å²) in [5.41, 5.74) is 4.81. The summed E-state index contributed by atoms with van der Waals surface area (Å²) >= 11 is 0. The lowest BCUT2D eigenvalue weighted by molar-refractivity contribution is 0.222. The third-order valence-electron chi connectivity index (χ3n) is 9.38. The summed E-state index contributed by atoms with van der Waals surface area (Å²) < 4.78 is 32.9. The summed E-state index contributed by atoms with van der Waals surface area (Å²) in [6.45, 7) is 20.5. The van der Waals surface area contributed by atoms with Gasteiger partial charge in [-0.3, -0.25) is 0 Å². The molecule has 4 aromatic carbocycles. The minimum Gasteiger partial charge on any atom is -0.497 e. The molecule has 2 aliphatic heterocycles. The molecule has 0 spiro atoms. The van der Waals surface area contributed by atoms with E-state index in [-0.39, 0.29) is 28.5 Å². The third kappa shape index (κ3) is 10.1. The van der Waals surface area contributed by atoms with E-state index in [0.29, 0.717) is 19.8 Å². The SMILES string of the molecule is C=CC(C)(C)COc1ccc(C(C)(C)c2ccc(OCC3CO3)cc2)cc1.COc1ccc(C(C)(C)c2ccc(OCC3CO3)cc2)cc1. The van der Waals surface area contributed by atoms with Gasteiger partial charge in [-0.15, -0.1) is 6.58 Å². The Hall–Kier alpha value is -4.26. The van der Waals surface area contributed by atoms with Crippen LogP contribution in [0.1, 0.15) is 63.8 Å². The average Bonchev–Trinajstić information content (AvgIpc) is 4.06. The van der Waals surface area contributed by atoms with Crippen LogP contribution in [0.3, 0.4) is 0 Å². The van der Waals surface area contributed by atoms with Crippen molar-refractivity contribution in [1.82, 2.24) is 0 Å². The lowest BCUT2D eigenvalue weighted by atomic mass is 9.78. The smallest absolute Gasteiger partial charge is 0.119 e. The van der Waals surface area contributed by atoms with Crippen LogP contribution in [0.4, 0.5) is 0 Å². The molecule has 2 unspecified atom stereocenters. The van der Waals surface area contributed by atoms with Crippen molar-refractivity contribution in [2.24, 2.45) is 5.41 Å². The molecule has 2 heterocycles. The number of hydrogen-bond acceptors (Lipinski definition) is 6. The van der Waals surface area contributed by atoms with Crippen molar-refractivity contribution >= 4 is 0 Å². The van der Waals surface area contributed by atoms with E-state index in [1.165, 1.54) is 22.3 Å². The van der Waals surface area contributed by atoms with E-state index in [4.69, 9.17) is 28.4 Å². The van der Waals surface area contributed by atoms with Gasteiger partial charge in [0.25, 0.3) is 0 Å². The molecule has 6 nitrogen and oxygen atoms in total. The first-order valence-corrected chi connectivity index (χ1v) is 17.1. The Bertz CT molecular complexity index is 1610. The fraction of sp³-hybridized carbons (Fsp3) is 0.395. The first-order valence-electron chi connectivity index (χ1n) is 17.1. The molecule has 0 bridgehead atoms. The lowest BCUT2D eigenvalue weighted by Crippen LogP contribution is -2.20.